The van der Waals surface area contributed by atoms with Crippen molar-refractivity contribution < 1.29 is 41.8 Å². The van der Waals surface area contributed by atoms with Crippen molar-refractivity contribution >= 4 is 42.0 Å². The van der Waals surface area contributed by atoms with Crippen LogP contribution in [0.1, 0.15) is 37.8 Å². The summed E-state index contributed by atoms with van der Waals surface area (Å²) in [5, 5.41) is 28.5. The lowest BCUT2D eigenvalue weighted by atomic mass is 9.48. The first-order chi connectivity index (χ1) is 15.9. The van der Waals surface area contributed by atoms with E-state index >= 15 is 4.39 Å². The molecule has 6 unspecified atom stereocenters. The lowest BCUT2D eigenvalue weighted by Gasteiger charge is -2.59. The van der Waals surface area contributed by atoms with E-state index in [4.69, 9.17) is 22.7 Å². The number of benzene rings is 1. The third-order valence-corrected chi connectivity index (χ3v) is 7.88. The number of alkyl halides is 4. The van der Waals surface area contributed by atoms with Crippen molar-refractivity contribution in [1.82, 2.24) is 5.32 Å². The number of carbonyl (C=O) groups is 2. The number of rotatable bonds is 7. The van der Waals surface area contributed by atoms with E-state index in [1.807, 2.05) is 0 Å². The van der Waals surface area contributed by atoms with Gasteiger partial charge in [0, 0.05) is 17.5 Å². The Hall–Kier alpha value is -2.12. The van der Waals surface area contributed by atoms with Crippen LogP contribution in [0.15, 0.2) is 12.1 Å². The van der Waals surface area contributed by atoms with Gasteiger partial charge in [-0.15, -0.1) is 0 Å². The number of carboxylic acids is 2. The number of carboxylic acid groups (broad SMARTS) is 2. The Morgan fingerprint density at radius 3 is 2.20 bits per heavy atom. The molecule has 1 heterocycles. The minimum Gasteiger partial charge on any atom is -0.481 e. The third kappa shape index (κ3) is 4.35. The predicted molar refractivity (Wildman–Crippen MR) is 121 cm³/mol. The van der Waals surface area contributed by atoms with E-state index in [0.29, 0.717) is 12.1 Å². The van der Waals surface area contributed by atoms with Crippen LogP contribution in [0.2, 0.25) is 5.02 Å². The third-order valence-electron chi connectivity index (χ3n) is 6.99. The second-order valence-corrected chi connectivity index (χ2v) is 9.94. The van der Waals surface area contributed by atoms with Gasteiger partial charge >= 0.3 is 18.1 Å². The minimum absolute atomic E-state index is 0.562. The van der Waals surface area contributed by atoms with Gasteiger partial charge in [-0.3, -0.25) is 15.0 Å². The highest BCUT2D eigenvalue weighted by Gasteiger charge is 2.70. The highest BCUT2D eigenvalue weighted by Crippen LogP contribution is 2.61. The molecule has 1 aromatic carbocycles. The van der Waals surface area contributed by atoms with Crippen LogP contribution in [0.4, 0.5) is 22.0 Å². The fourth-order valence-corrected chi connectivity index (χ4v) is 5.89. The Morgan fingerprint density at radius 2 is 1.83 bits per heavy atom. The van der Waals surface area contributed by atoms with Gasteiger partial charge < -0.3 is 21.3 Å². The van der Waals surface area contributed by atoms with Crippen molar-refractivity contribution in [2.24, 2.45) is 22.5 Å². The van der Waals surface area contributed by atoms with Crippen LogP contribution in [-0.4, -0.2) is 52.0 Å². The van der Waals surface area contributed by atoms with E-state index in [1.165, 1.54) is 13.8 Å². The fraction of sp³-hybridized carbons (Fsp3) is 0.571. The van der Waals surface area contributed by atoms with E-state index in [9.17, 15) is 37.4 Å². The van der Waals surface area contributed by atoms with E-state index in [-0.39, 0.29) is 0 Å². The van der Waals surface area contributed by atoms with E-state index in [0.717, 1.165) is 6.92 Å². The summed E-state index contributed by atoms with van der Waals surface area (Å²) in [6.07, 6.45) is -5.33. The molecule has 1 aliphatic heterocycles. The Morgan fingerprint density at radius 1 is 1.29 bits per heavy atom. The number of nitrogens with one attached hydrogen (secondary N) is 2. The van der Waals surface area contributed by atoms with Crippen molar-refractivity contribution in [2.45, 2.75) is 50.2 Å². The Labute approximate surface area is 208 Å². The molecule has 196 valence electrons. The Balaban J connectivity index is 3.26. The molecule has 0 radical (unpaired) electrons. The molecule has 35 heavy (non-hydrogen) atoms. The van der Waals surface area contributed by atoms with Crippen LogP contribution >= 0.6 is 24.2 Å². The number of hydrogen-bond acceptors (Lipinski definition) is 5. The summed E-state index contributed by atoms with van der Waals surface area (Å²) in [5.41, 5.74) is -2.77. The van der Waals surface area contributed by atoms with Gasteiger partial charge in [-0.25, -0.2) is 8.78 Å². The molecule has 0 aromatic heterocycles. The number of amidine groups is 1. The van der Waals surface area contributed by atoms with Crippen molar-refractivity contribution in [3.05, 3.63) is 34.1 Å². The first kappa shape index (κ1) is 29.1. The average molecular weight is 546 g/mol. The van der Waals surface area contributed by atoms with Gasteiger partial charge in [0.1, 0.15) is 18.3 Å². The number of aliphatic carboxylic acids is 2. The second-order valence-electron chi connectivity index (χ2n) is 8.98. The highest BCUT2D eigenvalue weighted by molar-refractivity contribution is 7.81. The van der Waals surface area contributed by atoms with E-state index in [2.05, 4.69) is 17.9 Å². The van der Waals surface area contributed by atoms with Crippen LogP contribution in [0.5, 0.6) is 0 Å². The Bertz CT molecular complexity index is 1040. The predicted octanol–water partition coefficient (Wildman–Crippen LogP) is 3.94. The molecule has 1 aliphatic rings. The zero-order valence-corrected chi connectivity index (χ0v) is 20.4. The van der Waals surface area contributed by atoms with Crippen molar-refractivity contribution in [3.63, 3.8) is 0 Å². The zero-order chi connectivity index (χ0) is 27.3. The van der Waals surface area contributed by atoms with Crippen molar-refractivity contribution in [2.75, 3.05) is 6.67 Å². The first-order valence-electron chi connectivity index (χ1n) is 10.3. The number of thiol groups is 1. The zero-order valence-electron chi connectivity index (χ0n) is 18.8. The molecule has 0 spiro atoms. The van der Waals surface area contributed by atoms with E-state index in [1.54, 1.807) is 0 Å². The Kier molecular flexibility index (Phi) is 8.10. The summed E-state index contributed by atoms with van der Waals surface area (Å²) >= 11 is 9.96. The SMILES string of the molecule is CC(C)C1(C(=O)O)C(C(S)C(=N)N)NC(CF)C(C)(C(=O)O)C1c1c(F)ccc(Cl)c1C(F)(F)F. The molecule has 7 nitrogen and oxygen atoms in total. The fourth-order valence-electron chi connectivity index (χ4n) is 5.29. The van der Waals surface area contributed by atoms with Crippen LogP contribution in [-0.2, 0) is 15.8 Å². The first-order valence-corrected chi connectivity index (χ1v) is 11.2. The average Bonchev–Trinajstić information content (AvgIpc) is 2.72. The van der Waals surface area contributed by atoms with Crippen molar-refractivity contribution in [3.8, 4) is 0 Å². The maximum Gasteiger partial charge on any atom is 0.418 e. The molecular weight excluding hydrogens is 521 g/mol. The highest BCUT2D eigenvalue weighted by atomic mass is 35.5. The molecule has 14 heteroatoms. The molecule has 1 saturated heterocycles. The van der Waals surface area contributed by atoms with Crippen LogP contribution < -0.4 is 11.1 Å². The largest absolute Gasteiger partial charge is 0.481 e. The van der Waals surface area contributed by atoms with E-state index < -0.39 is 92.6 Å². The molecule has 0 bridgehead atoms. The topological polar surface area (TPSA) is 136 Å². The molecular formula is C21H25ClF5N3O4S. The molecule has 1 aromatic rings. The number of piperidine rings is 1. The van der Waals surface area contributed by atoms with Crippen LogP contribution in [0.3, 0.4) is 0 Å². The summed E-state index contributed by atoms with van der Waals surface area (Å²) in [6, 6.07) is -2.32. The lowest BCUT2D eigenvalue weighted by Crippen LogP contribution is -2.75. The van der Waals surface area contributed by atoms with Crippen LogP contribution in [0, 0.1) is 28.0 Å². The summed E-state index contributed by atoms with van der Waals surface area (Å²) in [6.45, 7) is 1.94. The van der Waals surface area contributed by atoms with Crippen LogP contribution in [0.25, 0.3) is 0 Å². The molecule has 0 saturated carbocycles. The van der Waals surface area contributed by atoms with Gasteiger partial charge in [0.15, 0.2) is 0 Å². The lowest BCUT2D eigenvalue weighted by molar-refractivity contribution is -0.178. The number of hydrogen-bond donors (Lipinski definition) is 6. The minimum atomic E-state index is -5.33. The summed E-state index contributed by atoms with van der Waals surface area (Å²) in [4.78, 5) is 25.6. The molecule has 0 aliphatic carbocycles. The second kappa shape index (κ2) is 9.74. The van der Waals surface area contributed by atoms with Gasteiger partial charge in [-0.2, -0.15) is 25.8 Å². The van der Waals surface area contributed by atoms with Crippen molar-refractivity contribution in [1.29, 1.82) is 5.41 Å². The summed E-state index contributed by atoms with van der Waals surface area (Å²) < 4.78 is 72.3. The normalized spacial score (nSPS) is 30.2. The van der Waals surface area contributed by atoms with Gasteiger partial charge in [-0.05, 0) is 25.0 Å². The molecule has 6 N–H and O–H groups in total. The number of nitrogens with two attached hydrogens (primary N) is 1. The van der Waals surface area contributed by atoms with Gasteiger partial charge in [0.2, 0.25) is 0 Å². The molecule has 6 atom stereocenters. The summed E-state index contributed by atoms with van der Waals surface area (Å²) in [7, 11) is 0. The molecule has 1 fully saturated rings. The van der Waals surface area contributed by atoms with Gasteiger partial charge in [0.05, 0.1) is 32.7 Å². The molecule has 0 amide bonds. The maximum atomic E-state index is 15.4. The number of halogens is 6. The standard InChI is InChI=1S/C21H25ClF5N3O4S/c1-7(2)20(18(33)34)14(11-9(24)5-4-8(22)12(11)21(25,26)27)19(3,17(31)32)10(6-23)30-15(20)13(35)16(28)29/h4-5,7,10,13-15,30,35H,6H2,1-3H3,(H3,28,29)(H,31,32)(H,33,34). The van der Waals surface area contributed by atoms with Gasteiger partial charge in [-0.1, -0.05) is 25.4 Å². The monoisotopic (exact) mass is 545 g/mol. The molecule has 2 rings (SSSR count). The van der Waals surface area contributed by atoms with Gasteiger partial charge in [0.25, 0.3) is 0 Å². The maximum absolute atomic E-state index is 15.4. The summed E-state index contributed by atoms with van der Waals surface area (Å²) in [5.74, 6) is -9.49. The smallest absolute Gasteiger partial charge is 0.418 e. The quantitative estimate of drug-likeness (QED) is 0.133.